The minimum Gasteiger partial charge on any atom is -0.393 e. The number of aliphatic hydroxyl groups excluding tert-OH is 1. The van der Waals surface area contributed by atoms with Gasteiger partial charge in [0.2, 0.25) is 0 Å². The predicted molar refractivity (Wildman–Crippen MR) is 121 cm³/mol. The molecule has 29 heavy (non-hydrogen) atoms. The second kappa shape index (κ2) is 7.66. The minimum absolute atomic E-state index is 0.0969. The Morgan fingerprint density at radius 2 is 1.86 bits per heavy atom. The topological polar surface area (TPSA) is 40.5 Å². The maximum absolute atomic E-state index is 10.2. The molecule has 4 aliphatic rings. The van der Waals surface area contributed by atoms with E-state index in [2.05, 4.69) is 26.8 Å². The lowest BCUT2D eigenvalue weighted by Crippen LogP contribution is -2.50. The Labute approximate surface area is 179 Å². The average molecular weight is 403 g/mol. The fourth-order valence-electron chi connectivity index (χ4n) is 8.67. The van der Waals surface area contributed by atoms with Crippen LogP contribution in [0.2, 0.25) is 0 Å². The van der Waals surface area contributed by atoms with Gasteiger partial charge in [0.05, 0.1) is 11.7 Å². The first-order valence-electron chi connectivity index (χ1n) is 12.6. The van der Waals surface area contributed by atoms with Gasteiger partial charge in [0.15, 0.2) is 0 Å². The lowest BCUT2D eigenvalue weighted by Gasteiger charge is -2.58. The summed E-state index contributed by atoms with van der Waals surface area (Å²) in [7, 11) is 0. The second-order valence-corrected chi connectivity index (χ2v) is 12.6. The summed E-state index contributed by atoms with van der Waals surface area (Å²) in [6.45, 7) is 11.6. The van der Waals surface area contributed by atoms with E-state index in [1.165, 1.54) is 44.9 Å². The number of fused-ring (bicyclic) bond motifs is 5. The fourth-order valence-corrected chi connectivity index (χ4v) is 8.67. The Bertz CT molecular complexity index is 631. The van der Waals surface area contributed by atoms with Crippen molar-refractivity contribution in [2.45, 2.75) is 117 Å². The molecule has 4 aliphatic carbocycles. The Balaban J connectivity index is 1.47. The highest BCUT2D eigenvalue weighted by Gasteiger charge is 2.59. The van der Waals surface area contributed by atoms with E-state index in [9.17, 15) is 10.2 Å². The fraction of sp³-hybridized carbons (Fsp3) is 0.926. The molecule has 3 fully saturated rings. The number of rotatable bonds is 5. The van der Waals surface area contributed by atoms with Crippen molar-refractivity contribution in [3.63, 3.8) is 0 Å². The van der Waals surface area contributed by atoms with Gasteiger partial charge in [-0.2, -0.15) is 0 Å². The van der Waals surface area contributed by atoms with Crippen molar-refractivity contribution in [2.24, 2.45) is 40.4 Å². The molecule has 0 radical (unpaired) electrons. The third kappa shape index (κ3) is 3.86. The molecule has 0 bridgehead atoms. The third-order valence-corrected chi connectivity index (χ3v) is 10.3. The zero-order valence-electron chi connectivity index (χ0n) is 19.7. The molecule has 0 aromatic rings. The summed E-state index contributed by atoms with van der Waals surface area (Å²) < 4.78 is 0. The number of aliphatic hydroxyl groups is 2. The molecule has 4 rings (SSSR count). The Morgan fingerprint density at radius 3 is 2.59 bits per heavy atom. The van der Waals surface area contributed by atoms with E-state index in [1.807, 2.05) is 13.8 Å². The standard InChI is InChI=1S/C27H46O2/c1-18(7-6-14-25(2,3)29)22-10-11-23-21-9-8-19-17-20(28)12-15-26(19,4)24(21)13-16-27(22,23)5/h8,18,20-24,28-29H,6-7,9-17H2,1-5H3/t18-,20+,21+,22?,23-,24+,26+,27-/m1/s1. The van der Waals surface area contributed by atoms with Crippen LogP contribution in [-0.4, -0.2) is 21.9 Å². The zero-order valence-corrected chi connectivity index (χ0v) is 19.7. The van der Waals surface area contributed by atoms with Crippen LogP contribution in [0.25, 0.3) is 0 Å². The smallest absolute Gasteiger partial charge is 0.0591 e. The second-order valence-electron chi connectivity index (χ2n) is 12.6. The molecule has 1 unspecified atom stereocenters. The average Bonchev–Trinajstić information content (AvgIpc) is 2.98. The quantitative estimate of drug-likeness (QED) is 0.515. The zero-order chi connectivity index (χ0) is 21.0. The van der Waals surface area contributed by atoms with E-state index in [4.69, 9.17) is 0 Å². The van der Waals surface area contributed by atoms with Crippen LogP contribution in [0.15, 0.2) is 11.6 Å². The van der Waals surface area contributed by atoms with Crippen LogP contribution in [0.5, 0.6) is 0 Å². The van der Waals surface area contributed by atoms with Gasteiger partial charge in [-0.3, -0.25) is 0 Å². The van der Waals surface area contributed by atoms with Gasteiger partial charge in [-0.25, -0.2) is 0 Å². The van der Waals surface area contributed by atoms with Gasteiger partial charge < -0.3 is 10.2 Å². The molecule has 8 atom stereocenters. The SMILES string of the molecule is C[C@H](CCCC(C)(C)O)C1CC[C@@H]2[C@@H]3CC=C4C[C@@H](O)CC[C@]4(C)[C@H]3CC[C@]12C. The summed E-state index contributed by atoms with van der Waals surface area (Å²) >= 11 is 0. The van der Waals surface area contributed by atoms with Crippen LogP contribution in [0.1, 0.15) is 105 Å². The van der Waals surface area contributed by atoms with Crippen LogP contribution in [-0.2, 0) is 0 Å². The number of allylic oxidation sites excluding steroid dienone is 1. The first-order valence-corrected chi connectivity index (χ1v) is 12.6. The molecule has 0 spiro atoms. The summed E-state index contributed by atoms with van der Waals surface area (Å²) in [5.74, 6) is 4.24. The van der Waals surface area contributed by atoms with Crippen LogP contribution >= 0.6 is 0 Å². The molecular weight excluding hydrogens is 356 g/mol. The van der Waals surface area contributed by atoms with Gasteiger partial charge in [0, 0.05) is 0 Å². The Morgan fingerprint density at radius 1 is 1.10 bits per heavy atom. The molecule has 0 saturated heterocycles. The summed E-state index contributed by atoms with van der Waals surface area (Å²) in [5, 5.41) is 20.3. The minimum atomic E-state index is -0.519. The van der Waals surface area contributed by atoms with Gasteiger partial charge >= 0.3 is 0 Å². The van der Waals surface area contributed by atoms with Crippen molar-refractivity contribution < 1.29 is 10.2 Å². The lowest BCUT2D eigenvalue weighted by atomic mass is 9.47. The highest BCUT2D eigenvalue weighted by atomic mass is 16.3. The van der Waals surface area contributed by atoms with Gasteiger partial charge in [-0.05, 0) is 112 Å². The monoisotopic (exact) mass is 402 g/mol. The molecule has 3 saturated carbocycles. The molecular formula is C27H46O2. The van der Waals surface area contributed by atoms with Gasteiger partial charge in [-0.1, -0.05) is 45.3 Å². The van der Waals surface area contributed by atoms with E-state index in [1.54, 1.807) is 5.57 Å². The molecule has 0 aromatic heterocycles. The summed E-state index contributed by atoms with van der Waals surface area (Å²) in [4.78, 5) is 0. The molecule has 0 heterocycles. The van der Waals surface area contributed by atoms with Gasteiger partial charge in [0.1, 0.15) is 0 Å². The van der Waals surface area contributed by atoms with Gasteiger partial charge in [0.25, 0.3) is 0 Å². The van der Waals surface area contributed by atoms with E-state index in [0.717, 1.165) is 55.3 Å². The maximum atomic E-state index is 10.2. The predicted octanol–water partition coefficient (Wildman–Crippen LogP) is 6.50. The molecule has 2 N–H and O–H groups in total. The molecule has 0 aliphatic heterocycles. The van der Waals surface area contributed by atoms with Crippen molar-refractivity contribution in [3.8, 4) is 0 Å². The maximum Gasteiger partial charge on any atom is 0.0591 e. The number of hydrogen-bond acceptors (Lipinski definition) is 2. The Kier molecular flexibility index (Phi) is 5.78. The molecule has 166 valence electrons. The van der Waals surface area contributed by atoms with Crippen molar-refractivity contribution in [1.82, 2.24) is 0 Å². The molecule has 0 amide bonds. The molecule has 2 nitrogen and oxygen atoms in total. The van der Waals surface area contributed by atoms with Crippen LogP contribution in [0, 0.1) is 40.4 Å². The summed E-state index contributed by atoms with van der Waals surface area (Å²) in [5.41, 5.74) is 1.95. The number of hydrogen-bond donors (Lipinski definition) is 2. The van der Waals surface area contributed by atoms with Crippen molar-refractivity contribution in [1.29, 1.82) is 0 Å². The van der Waals surface area contributed by atoms with Crippen molar-refractivity contribution >= 4 is 0 Å². The summed E-state index contributed by atoms with van der Waals surface area (Å²) in [6, 6.07) is 0. The Hall–Kier alpha value is -0.340. The molecule has 2 heteroatoms. The van der Waals surface area contributed by atoms with Crippen LogP contribution < -0.4 is 0 Å². The van der Waals surface area contributed by atoms with Gasteiger partial charge in [-0.15, -0.1) is 0 Å². The van der Waals surface area contributed by atoms with E-state index >= 15 is 0 Å². The van der Waals surface area contributed by atoms with Crippen molar-refractivity contribution in [3.05, 3.63) is 11.6 Å². The van der Waals surface area contributed by atoms with Crippen molar-refractivity contribution in [2.75, 3.05) is 0 Å². The summed E-state index contributed by atoms with van der Waals surface area (Å²) in [6.07, 6.45) is 15.9. The van der Waals surface area contributed by atoms with E-state index < -0.39 is 5.60 Å². The first kappa shape index (κ1) is 21.9. The highest BCUT2D eigenvalue weighted by Crippen LogP contribution is 2.67. The van der Waals surface area contributed by atoms with Crippen LogP contribution in [0.4, 0.5) is 0 Å². The lowest BCUT2D eigenvalue weighted by molar-refractivity contribution is -0.0575. The highest BCUT2D eigenvalue weighted by molar-refractivity contribution is 5.25. The first-order chi connectivity index (χ1) is 13.5. The largest absolute Gasteiger partial charge is 0.393 e. The third-order valence-electron chi connectivity index (χ3n) is 10.3. The van der Waals surface area contributed by atoms with E-state index in [-0.39, 0.29) is 6.10 Å². The normalized spacial score (nSPS) is 45.8. The van der Waals surface area contributed by atoms with Crippen LogP contribution in [0.3, 0.4) is 0 Å². The molecule has 0 aromatic carbocycles. The van der Waals surface area contributed by atoms with E-state index in [0.29, 0.717) is 10.8 Å².